The summed E-state index contributed by atoms with van der Waals surface area (Å²) < 4.78 is 10.6. The molecule has 0 bridgehead atoms. The smallest absolute Gasteiger partial charge is 0.237 e. The Morgan fingerprint density at radius 1 is 1.16 bits per heavy atom. The Morgan fingerprint density at radius 3 is 2.64 bits per heavy atom. The lowest BCUT2D eigenvalue weighted by atomic mass is 9.95. The normalized spacial score (nSPS) is 15.5. The zero-order chi connectivity index (χ0) is 16.9. The highest BCUT2D eigenvalue weighted by molar-refractivity contribution is 5.85. The summed E-state index contributed by atoms with van der Waals surface area (Å²) in [6, 6.07) is 13.6. The Kier molecular flexibility index (Phi) is 6.67. The van der Waals surface area contributed by atoms with Gasteiger partial charge in [0.05, 0.1) is 20.3 Å². The summed E-state index contributed by atoms with van der Waals surface area (Å²) in [6.45, 7) is 1.12. The molecule has 0 spiro atoms. The van der Waals surface area contributed by atoms with Crippen molar-refractivity contribution in [3.8, 4) is 11.5 Å². The monoisotopic (exact) mass is 362 g/mol. The summed E-state index contributed by atoms with van der Waals surface area (Å²) in [4.78, 5) is 12.5. The van der Waals surface area contributed by atoms with Crippen molar-refractivity contribution in [2.45, 2.75) is 25.6 Å². The van der Waals surface area contributed by atoms with Gasteiger partial charge in [-0.1, -0.05) is 24.3 Å². The van der Waals surface area contributed by atoms with Gasteiger partial charge in [-0.2, -0.15) is 0 Å². The van der Waals surface area contributed by atoms with Crippen LogP contribution in [-0.4, -0.2) is 26.2 Å². The summed E-state index contributed by atoms with van der Waals surface area (Å²) in [5.74, 6) is 1.47. The molecule has 2 aromatic carbocycles. The van der Waals surface area contributed by atoms with Crippen molar-refractivity contribution in [1.29, 1.82) is 0 Å². The molecule has 6 heteroatoms. The van der Waals surface area contributed by atoms with Gasteiger partial charge in [-0.25, -0.2) is 0 Å². The van der Waals surface area contributed by atoms with E-state index in [0.717, 1.165) is 23.6 Å². The Labute approximate surface area is 154 Å². The largest absolute Gasteiger partial charge is 0.497 e. The minimum atomic E-state index is -0.212. The Bertz CT molecular complexity index is 736. The summed E-state index contributed by atoms with van der Waals surface area (Å²) >= 11 is 0. The number of fused-ring (bicyclic) bond motifs is 1. The second-order valence-corrected chi connectivity index (χ2v) is 5.80. The topological polar surface area (TPSA) is 59.6 Å². The third-order valence-electron chi connectivity index (χ3n) is 4.34. The van der Waals surface area contributed by atoms with Crippen LogP contribution in [0.1, 0.15) is 16.7 Å². The lowest BCUT2D eigenvalue weighted by molar-refractivity contribution is -0.123. The minimum absolute atomic E-state index is 0. The van der Waals surface area contributed by atoms with Crippen molar-refractivity contribution in [3.63, 3.8) is 0 Å². The number of benzene rings is 2. The first-order valence-electron chi connectivity index (χ1n) is 8.00. The van der Waals surface area contributed by atoms with Crippen LogP contribution in [0.15, 0.2) is 42.5 Å². The van der Waals surface area contributed by atoms with E-state index in [-0.39, 0.29) is 24.4 Å². The Balaban J connectivity index is 0.00000225. The standard InChI is InChI=1S/C19H22N2O3.ClH/c1-23-16-7-8-18(24-2)15(9-16)12-21-19(22)17-10-13-5-3-4-6-14(13)11-20-17;/h3-9,17,20H,10-12H2,1-2H3,(H,21,22);1H. The average molecular weight is 363 g/mol. The molecule has 0 saturated carbocycles. The van der Waals surface area contributed by atoms with Crippen molar-refractivity contribution in [1.82, 2.24) is 10.6 Å². The molecular weight excluding hydrogens is 340 g/mol. The SMILES string of the molecule is COc1ccc(OC)c(CNC(=O)C2Cc3ccccc3CN2)c1.Cl. The van der Waals surface area contributed by atoms with Crippen LogP contribution in [-0.2, 0) is 24.3 Å². The maximum Gasteiger partial charge on any atom is 0.237 e. The van der Waals surface area contributed by atoms with Crippen molar-refractivity contribution in [3.05, 3.63) is 59.2 Å². The molecule has 0 fully saturated rings. The fourth-order valence-corrected chi connectivity index (χ4v) is 2.97. The van der Waals surface area contributed by atoms with E-state index in [2.05, 4.69) is 22.8 Å². The molecule has 1 heterocycles. The fourth-order valence-electron chi connectivity index (χ4n) is 2.97. The number of carbonyl (C=O) groups excluding carboxylic acids is 1. The number of nitrogens with one attached hydrogen (secondary N) is 2. The van der Waals surface area contributed by atoms with Crippen LogP contribution in [0.3, 0.4) is 0 Å². The quantitative estimate of drug-likeness (QED) is 0.857. The highest BCUT2D eigenvalue weighted by Gasteiger charge is 2.23. The first-order valence-corrected chi connectivity index (χ1v) is 8.00. The Morgan fingerprint density at radius 2 is 1.92 bits per heavy atom. The summed E-state index contributed by atoms with van der Waals surface area (Å²) in [5, 5.41) is 6.28. The number of carbonyl (C=O) groups is 1. The van der Waals surface area contributed by atoms with Gasteiger partial charge in [0.15, 0.2) is 0 Å². The number of hydrogen-bond acceptors (Lipinski definition) is 4. The van der Waals surface area contributed by atoms with E-state index >= 15 is 0 Å². The van der Waals surface area contributed by atoms with Gasteiger partial charge < -0.3 is 20.1 Å². The second kappa shape index (κ2) is 8.74. The Hall–Kier alpha value is -2.24. The fraction of sp³-hybridized carbons (Fsp3) is 0.316. The average Bonchev–Trinajstić information content (AvgIpc) is 2.65. The number of methoxy groups -OCH3 is 2. The van der Waals surface area contributed by atoms with Crippen molar-refractivity contribution < 1.29 is 14.3 Å². The van der Waals surface area contributed by atoms with Gasteiger partial charge >= 0.3 is 0 Å². The second-order valence-electron chi connectivity index (χ2n) is 5.80. The summed E-state index contributed by atoms with van der Waals surface area (Å²) in [7, 11) is 3.24. The predicted molar refractivity (Wildman–Crippen MR) is 99.4 cm³/mol. The molecule has 5 nitrogen and oxygen atoms in total. The van der Waals surface area contributed by atoms with Gasteiger partial charge in [-0.05, 0) is 35.7 Å². The number of ether oxygens (including phenoxy) is 2. The molecule has 3 rings (SSSR count). The molecule has 0 aromatic heterocycles. The number of rotatable bonds is 5. The third-order valence-corrected chi connectivity index (χ3v) is 4.34. The van der Waals surface area contributed by atoms with Crippen LogP contribution >= 0.6 is 12.4 Å². The first kappa shape index (κ1) is 19.1. The number of hydrogen-bond donors (Lipinski definition) is 2. The minimum Gasteiger partial charge on any atom is -0.497 e. The zero-order valence-electron chi connectivity index (χ0n) is 14.4. The van der Waals surface area contributed by atoms with E-state index in [4.69, 9.17) is 9.47 Å². The number of amides is 1. The molecule has 134 valence electrons. The molecule has 2 N–H and O–H groups in total. The van der Waals surface area contributed by atoms with E-state index in [0.29, 0.717) is 13.0 Å². The molecule has 0 radical (unpaired) electrons. The number of halogens is 1. The van der Waals surface area contributed by atoms with E-state index in [1.54, 1.807) is 14.2 Å². The molecular formula is C19H23ClN2O3. The van der Waals surface area contributed by atoms with Gasteiger partial charge in [0.2, 0.25) is 5.91 Å². The molecule has 0 aliphatic carbocycles. The van der Waals surface area contributed by atoms with Crippen molar-refractivity contribution >= 4 is 18.3 Å². The lowest BCUT2D eigenvalue weighted by Crippen LogP contribution is -2.47. The molecule has 1 aliphatic heterocycles. The highest BCUT2D eigenvalue weighted by Crippen LogP contribution is 2.24. The lowest BCUT2D eigenvalue weighted by Gasteiger charge is -2.25. The molecule has 1 unspecified atom stereocenters. The summed E-state index contributed by atoms with van der Waals surface area (Å²) in [6.07, 6.45) is 0.706. The van der Waals surface area contributed by atoms with Gasteiger partial charge in [-0.15, -0.1) is 12.4 Å². The first-order chi connectivity index (χ1) is 11.7. The van der Waals surface area contributed by atoms with E-state index in [9.17, 15) is 4.79 Å². The molecule has 2 aromatic rings. The summed E-state index contributed by atoms with van der Waals surface area (Å²) in [5.41, 5.74) is 3.38. The highest BCUT2D eigenvalue weighted by atomic mass is 35.5. The van der Waals surface area contributed by atoms with Crippen molar-refractivity contribution in [2.24, 2.45) is 0 Å². The molecule has 1 atom stereocenters. The molecule has 1 amide bonds. The van der Waals surface area contributed by atoms with Crippen LogP contribution in [0.25, 0.3) is 0 Å². The van der Waals surface area contributed by atoms with Gasteiger partial charge in [0.1, 0.15) is 11.5 Å². The van der Waals surface area contributed by atoms with E-state index < -0.39 is 0 Å². The third kappa shape index (κ3) is 4.44. The van der Waals surface area contributed by atoms with Crippen molar-refractivity contribution in [2.75, 3.05) is 14.2 Å². The molecule has 25 heavy (non-hydrogen) atoms. The van der Waals surface area contributed by atoms with Crippen LogP contribution in [0.4, 0.5) is 0 Å². The van der Waals surface area contributed by atoms with Crippen LogP contribution in [0.2, 0.25) is 0 Å². The van der Waals surface area contributed by atoms with Gasteiger partial charge in [0.25, 0.3) is 0 Å². The maximum absolute atomic E-state index is 12.5. The van der Waals surface area contributed by atoms with Crippen LogP contribution in [0, 0.1) is 0 Å². The van der Waals surface area contributed by atoms with Gasteiger partial charge in [-0.3, -0.25) is 4.79 Å². The van der Waals surface area contributed by atoms with Crippen LogP contribution in [0.5, 0.6) is 11.5 Å². The van der Waals surface area contributed by atoms with E-state index in [1.807, 2.05) is 30.3 Å². The maximum atomic E-state index is 12.5. The van der Waals surface area contributed by atoms with Gasteiger partial charge in [0, 0.05) is 18.7 Å². The zero-order valence-corrected chi connectivity index (χ0v) is 15.2. The molecule has 1 aliphatic rings. The predicted octanol–water partition coefficient (Wildman–Crippen LogP) is 2.46. The van der Waals surface area contributed by atoms with Crippen LogP contribution < -0.4 is 20.1 Å². The molecule has 0 saturated heterocycles. The van der Waals surface area contributed by atoms with E-state index in [1.165, 1.54) is 11.1 Å².